The topological polar surface area (TPSA) is 25.2 Å². The molecule has 1 unspecified atom stereocenters. The Balaban J connectivity index is 1.88. The summed E-state index contributed by atoms with van der Waals surface area (Å²) in [5.41, 5.74) is 1.42. The predicted molar refractivity (Wildman–Crippen MR) is 62.6 cm³/mol. The lowest BCUT2D eigenvalue weighted by atomic mass is 9.92. The molecule has 1 aliphatic rings. The molecule has 2 heteroatoms. The Morgan fingerprint density at radius 2 is 2.60 bits per heavy atom. The molecule has 1 aromatic rings. The summed E-state index contributed by atoms with van der Waals surface area (Å²) in [6.45, 7) is 4.55. The van der Waals surface area contributed by atoms with Crippen LogP contribution >= 0.6 is 0 Å². The maximum atomic E-state index is 5.30. The van der Waals surface area contributed by atoms with Crippen LogP contribution < -0.4 is 5.32 Å². The molecule has 0 saturated carbocycles. The third kappa shape index (κ3) is 3.24. The van der Waals surface area contributed by atoms with Gasteiger partial charge in [-0.15, -0.1) is 0 Å². The molecule has 82 valence electrons. The van der Waals surface area contributed by atoms with E-state index in [0.717, 1.165) is 11.7 Å². The SMILES string of the molecule is C/C(=C\c1ccco1)CC1CCCNC1. The standard InChI is InChI=1S/C13H19NO/c1-11(9-13-5-3-7-15-13)8-12-4-2-6-14-10-12/h3,5,7,9,12,14H,2,4,6,8,10H2,1H3/b11-9+. The highest BCUT2D eigenvalue weighted by atomic mass is 16.3. The highest BCUT2D eigenvalue weighted by molar-refractivity contribution is 5.46. The molecule has 1 saturated heterocycles. The van der Waals surface area contributed by atoms with Crippen LogP contribution in [-0.4, -0.2) is 13.1 Å². The monoisotopic (exact) mass is 205 g/mol. The molecule has 2 rings (SSSR count). The first-order valence-electron chi connectivity index (χ1n) is 5.76. The van der Waals surface area contributed by atoms with Crippen molar-refractivity contribution in [3.8, 4) is 0 Å². The van der Waals surface area contributed by atoms with Crippen molar-refractivity contribution < 1.29 is 4.42 Å². The fraction of sp³-hybridized carbons (Fsp3) is 0.538. The van der Waals surface area contributed by atoms with E-state index >= 15 is 0 Å². The first-order chi connectivity index (χ1) is 7.34. The zero-order valence-corrected chi connectivity index (χ0v) is 9.33. The van der Waals surface area contributed by atoms with E-state index in [4.69, 9.17) is 4.42 Å². The van der Waals surface area contributed by atoms with Gasteiger partial charge in [0, 0.05) is 0 Å². The number of nitrogens with one attached hydrogen (secondary N) is 1. The molecule has 0 aliphatic carbocycles. The van der Waals surface area contributed by atoms with Gasteiger partial charge in [0.2, 0.25) is 0 Å². The average Bonchev–Trinajstić information content (AvgIpc) is 2.71. The van der Waals surface area contributed by atoms with Gasteiger partial charge < -0.3 is 9.73 Å². The summed E-state index contributed by atoms with van der Waals surface area (Å²) < 4.78 is 5.30. The fourth-order valence-corrected chi connectivity index (χ4v) is 2.23. The van der Waals surface area contributed by atoms with Crippen LogP contribution in [0.4, 0.5) is 0 Å². The molecule has 0 aromatic carbocycles. The second-order valence-electron chi connectivity index (χ2n) is 4.42. The fourth-order valence-electron chi connectivity index (χ4n) is 2.23. The van der Waals surface area contributed by atoms with Crippen LogP contribution in [0.1, 0.15) is 31.9 Å². The summed E-state index contributed by atoms with van der Waals surface area (Å²) in [7, 11) is 0. The van der Waals surface area contributed by atoms with Crippen LogP contribution in [0.25, 0.3) is 6.08 Å². The Bertz CT molecular complexity index is 307. The second-order valence-corrected chi connectivity index (χ2v) is 4.42. The molecule has 0 spiro atoms. The molecule has 2 heterocycles. The van der Waals surface area contributed by atoms with Gasteiger partial charge >= 0.3 is 0 Å². The quantitative estimate of drug-likeness (QED) is 0.820. The van der Waals surface area contributed by atoms with Crippen molar-refractivity contribution in [3.05, 3.63) is 29.7 Å². The van der Waals surface area contributed by atoms with Gasteiger partial charge in [-0.25, -0.2) is 0 Å². The zero-order valence-electron chi connectivity index (χ0n) is 9.33. The van der Waals surface area contributed by atoms with Crippen LogP contribution in [-0.2, 0) is 0 Å². The first kappa shape index (κ1) is 10.5. The number of piperidine rings is 1. The summed E-state index contributed by atoms with van der Waals surface area (Å²) in [5, 5.41) is 3.45. The molecule has 1 N–H and O–H groups in total. The highest BCUT2D eigenvalue weighted by Gasteiger charge is 2.12. The maximum absolute atomic E-state index is 5.30. The van der Waals surface area contributed by atoms with Gasteiger partial charge in [-0.05, 0) is 63.4 Å². The minimum absolute atomic E-state index is 0.810. The molecule has 1 fully saturated rings. The summed E-state index contributed by atoms with van der Waals surface area (Å²) in [5.74, 6) is 1.78. The minimum atomic E-state index is 0.810. The lowest BCUT2D eigenvalue weighted by molar-refractivity contribution is 0.376. The normalized spacial score (nSPS) is 23.0. The van der Waals surface area contributed by atoms with Crippen LogP contribution in [0.2, 0.25) is 0 Å². The van der Waals surface area contributed by atoms with Gasteiger partial charge in [-0.2, -0.15) is 0 Å². The van der Waals surface area contributed by atoms with Crippen molar-refractivity contribution in [2.75, 3.05) is 13.1 Å². The Labute approximate surface area is 91.4 Å². The lowest BCUT2D eigenvalue weighted by Crippen LogP contribution is -2.29. The second kappa shape index (κ2) is 5.17. The third-order valence-electron chi connectivity index (χ3n) is 2.94. The summed E-state index contributed by atoms with van der Waals surface area (Å²) in [6.07, 6.45) is 7.73. The summed E-state index contributed by atoms with van der Waals surface area (Å²) in [6, 6.07) is 3.93. The number of rotatable bonds is 3. The van der Waals surface area contributed by atoms with E-state index in [1.807, 2.05) is 12.1 Å². The van der Waals surface area contributed by atoms with E-state index in [2.05, 4.69) is 18.3 Å². The largest absolute Gasteiger partial charge is 0.465 e. The van der Waals surface area contributed by atoms with E-state index in [1.54, 1.807) is 6.26 Å². The molecule has 0 amide bonds. The average molecular weight is 205 g/mol. The van der Waals surface area contributed by atoms with E-state index in [-0.39, 0.29) is 0 Å². The third-order valence-corrected chi connectivity index (χ3v) is 2.94. The Hall–Kier alpha value is -1.02. The van der Waals surface area contributed by atoms with E-state index in [9.17, 15) is 0 Å². The zero-order chi connectivity index (χ0) is 10.5. The van der Waals surface area contributed by atoms with E-state index in [1.165, 1.54) is 37.9 Å². The molecule has 1 aromatic heterocycles. The minimum Gasteiger partial charge on any atom is -0.465 e. The van der Waals surface area contributed by atoms with Gasteiger partial charge in [0.1, 0.15) is 5.76 Å². The van der Waals surface area contributed by atoms with Gasteiger partial charge in [0.05, 0.1) is 6.26 Å². The van der Waals surface area contributed by atoms with E-state index < -0.39 is 0 Å². The van der Waals surface area contributed by atoms with Gasteiger partial charge in [0.15, 0.2) is 0 Å². The van der Waals surface area contributed by atoms with Crippen molar-refractivity contribution >= 4 is 6.08 Å². The number of furan rings is 1. The molecular weight excluding hydrogens is 186 g/mol. The lowest BCUT2D eigenvalue weighted by Gasteiger charge is -2.22. The highest BCUT2D eigenvalue weighted by Crippen LogP contribution is 2.20. The molecule has 0 radical (unpaired) electrons. The Morgan fingerprint density at radius 3 is 3.27 bits per heavy atom. The molecule has 15 heavy (non-hydrogen) atoms. The molecule has 1 aliphatic heterocycles. The Kier molecular flexibility index (Phi) is 3.62. The number of allylic oxidation sites excluding steroid dienone is 1. The molecule has 0 bridgehead atoms. The van der Waals surface area contributed by atoms with Crippen LogP contribution in [0.3, 0.4) is 0 Å². The van der Waals surface area contributed by atoms with Crippen molar-refractivity contribution in [3.63, 3.8) is 0 Å². The van der Waals surface area contributed by atoms with Crippen LogP contribution in [0.5, 0.6) is 0 Å². The van der Waals surface area contributed by atoms with Crippen LogP contribution in [0.15, 0.2) is 28.4 Å². The maximum Gasteiger partial charge on any atom is 0.126 e. The molecule has 1 atom stereocenters. The van der Waals surface area contributed by atoms with Crippen LogP contribution in [0, 0.1) is 5.92 Å². The van der Waals surface area contributed by atoms with E-state index in [0.29, 0.717) is 0 Å². The molecule has 2 nitrogen and oxygen atoms in total. The summed E-state index contributed by atoms with van der Waals surface area (Å²) in [4.78, 5) is 0. The van der Waals surface area contributed by atoms with Gasteiger partial charge in [0.25, 0.3) is 0 Å². The Morgan fingerprint density at radius 1 is 1.67 bits per heavy atom. The number of hydrogen-bond donors (Lipinski definition) is 1. The predicted octanol–water partition coefficient (Wildman–Crippen LogP) is 3.07. The summed E-state index contributed by atoms with van der Waals surface area (Å²) >= 11 is 0. The number of hydrogen-bond acceptors (Lipinski definition) is 2. The smallest absolute Gasteiger partial charge is 0.126 e. The van der Waals surface area contributed by atoms with Crippen molar-refractivity contribution in [1.82, 2.24) is 5.32 Å². The molecular formula is C13H19NO. The van der Waals surface area contributed by atoms with Gasteiger partial charge in [-0.1, -0.05) is 5.57 Å². The first-order valence-corrected chi connectivity index (χ1v) is 5.76. The van der Waals surface area contributed by atoms with Gasteiger partial charge in [-0.3, -0.25) is 0 Å². The van der Waals surface area contributed by atoms with Crippen molar-refractivity contribution in [2.24, 2.45) is 5.92 Å². The van der Waals surface area contributed by atoms with Crippen molar-refractivity contribution in [2.45, 2.75) is 26.2 Å². The van der Waals surface area contributed by atoms with Crippen molar-refractivity contribution in [1.29, 1.82) is 0 Å².